The second-order valence-electron chi connectivity index (χ2n) is 9.57. The van der Waals surface area contributed by atoms with Crippen molar-refractivity contribution in [2.24, 2.45) is 0 Å². The van der Waals surface area contributed by atoms with Gasteiger partial charge < -0.3 is 30.7 Å². The Labute approximate surface area is 229 Å². The van der Waals surface area contributed by atoms with Crippen LogP contribution in [0.25, 0.3) is 5.65 Å². The van der Waals surface area contributed by atoms with Gasteiger partial charge in [0.05, 0.1) is 19.2 Å². The van der Waals surface area contributed by atoms with E-state index in [4.69, 9.17) is 4.74 Å². The first kappa shape index (κ1) is 28.5. The summed E-state index contributed by atoms with van der Waals surface area (Å²) in [4.78, 5) is 56.9. The van der Waals surface area contributed by atoms with Gasteiger partial charge in [-0.15, -0.1) is 0 Å². The molecule has 4 N–H and O–H groups in total. The van der Waals surface area contributed by atoms with E-state index in [0.717, 1.165) is 20.4 Å². The summed E-state index contributed by atoms with van der Waals surface area (Å²) in [6, 6.07) is 6.74. The quantitative estimate of drug-likeness (QED) is 0.356. The lowest BCUT2D eigenvalue weighted by Gasteiger charge is -2.24. The Hall–Kier alpha value is -4.52. The minimum Gasteiger partial charge on any atom is -0.491 e. The minimum absolute atomic E-state index is 0.0718. The largest absolute Gasteiger partial charge is 0.491 e. The number of aromatic nitrogens is 2. The number of carbonyl (C=O) groups excluding carboxylic acids is 4. The lowest BCUT2D eigenvalue weighted by molar-refractivity contribution is -0.125. The predicted octanol–water partition coefficient (Wildman–Crippen LogP) is 0.337. The summed E-state index contributed by atoms with van der Waals surface area (Å²) in [5, 5.41) is 17.9. The van der Waals surface area contributed by atoms with Crippen molar-refractivity contribution in [3.8, 4) is 5.75 Å². The van der Waals surface area contributed by atoms with Crippen LogP contribution < -0.4 is 20.7 Å². The first-order valence-electron chi connectivity index (χ1n) is 12.8. The Morgan fingerprint density at radius 2 is 1.93 bits per heavy atom. The number of benzene rings is 1. The van der Waals surface area contributed by atoms with Gasteiger partial charge in [0.2, 0.25) is 17.8 Å². The number of aliphatic hydroxyl groups is 1. The summed E-state index contributed by atoms with van der Waals surface area (Å²) in [5.41, 5.74) is 1.47. The molecule has 13 heteroatoms. The highest BCUT2D eigenvalue weighted by Crippen LogP contribution is 2.20. The number of aryl methyl sites for hydroxylation is 2. The van der Waals surface area contributed by atoms with E-state index in [1.807, 2.05) is 0 Å². The summed E-state index contributed by atoms with van der Waals surface area (Å²) in [7, 11) is 0. The third kappa shape index (κ3) is 6.37. The maximum absolute atomic E-state index is 15.1. The second-order valence-corrected chi connectivity index (χ2v) is 9.57. The van der Waals surface area contributed by atoms with E-state index in [-0.39, 0.29) is 37.5 Å². The molecule has 1 aliphatic heterocycles. The molecule has 212 valence electrons. The molecule has 1 aliphatic rings. The Kier molecular flexibility index (Phi) is 8.63. The summed E-state index contributed by atoms with van der Waals surface area (Å²) < 4.78 is 22.0. The Balaban J connectivity index is 1.59. The number of aliphatic hydroxyl groups excluding tert-OH is 1. The first-order valence-corrected chi connectivity index (χ1v) is 12.8. The third-order valence-electron chi connectivity index (χ3n) is 6.40. The molecule has 2 atom stereocenters. The van der Waals surface area contributed by atoms with Crippen LogP contribution in [0, 0.1) is 19.8 Å². The van der Waals surface area contributed by atoms with Crippen molar-refractivity contribution in [2.45, 2.75) is 32.9 Å². The van der Waals surface area contributed by atoms with Gasteiger partial charge in [-0.25, -0.2) is 4.98 Å². The van der Waals surface area contributed by atoms with Crippen molar-refractivity contribution < 1.29 is 33.4 Å². The summed E-state index contributed by atoms with van der Waals surface area (Å²) in [6.45, 7) is 4.31. The number of fused-ring (bicyclic) bond motifs is 3. The number of imidazole rings is 1. The van der Waals surface area contributed by atoms with Gasteiger partial charge in [-0.3, -0.25) is 23.6 Å². The molecule has 40 heavy (non-hydrogen) atoms. The lowest BCUT2D eigenvalue weighted by atomic mass is 10.1. The molecule has 2 aromatic heterocycles. The molecular formula is C27H31FN6O6. The van der Waals surface area contributed by atoms with Crippen LogP contribution in [-0.2, 0) is 9.59 Å². The van der Waals surface area contributed by atoms with Gasteiger partial charge >= 0.3 is 0 Å². The molecule has 4 rings (SSSR count). The Morgan fingerprint density at radius 3 is 2.67 bits per heavy atom. The highest BCUT2D eigenvalue weighted by Gasteiger charge is 2.29. The van der Waals surface area contributed by atoms with Crippen LogP contribution in [0.15, 0.2) is 36.5 Å². The normalized spacial score (nSPS) is 18.3. The number of amides is 4. The van der Waals surface area contributed by atoms with Crippen LogP contribution in [0.5, 0.6) is 5.75 Å². The van der Waals surface area contributed by atoms with Gasteiger partial charge in [-0.1, -0.05) is 12.1 Å². The van der Waals surface area contributed by atoms with Crippen molar-refractivity contribution >= 4 is 29.3 Å². The van der Waals surface area contributed by atoms with Crippen molar-refractivity contribution in [2.75, 3.05) is 32.8 Å². The maximum atomic E-state index is 15.1. The first-order chi connectivity index (χ1) is 19.0. The Bertz CT molecular complexity index is 1450. The monoisotopic (exact) mass is 554 g/mol. The number of rotatable bonds is 2. The van der Waals surface area contributed by atoms with E-state index in [9.17, 15) is 24.3 Å². The molecule has 3 heterocycles. The van der Waals surface area contributed by atoms with E-state index in [1.54, 1.807) is 38.1 Å². The highest BCUT2D eigenvalue weighted by molar-refractivity contribution is 5.98. The van der Waals surface area contributed by atoms with Gasteiger partial charge in [0, 0.05) is 24.8 Å². The average Bonchev–Trinajstić information content (AvgIpc) is 3.24. The number of nitrogens with zero attached hydrogens (tertiary/aromatic N) is 3. The molecule has 0 radical (unpaired) electrons. The fourth-order valence-corrected chi connectivity index (χ4v) is 4.19. The zero-order valence-electron chi connectivity index (χ0n) is 22.4. The zero-order valence-corrected chi connectivity index (χ0v) is 22.4. The van der Waals surface area contributed by atoms with Crippen molar-refractivity contribution in [1.82, 2.24) is 30.2 Å². The van der Waals surface area contributed by atoms with Crippen molar-refractivity contribution in [1.29, 1.82) is 0 Å². The van der Waals surface area contributed by atoms with Gasteiger partial charge in [-0.2, -0.15) is 4.39 Å². The molecule has 0 saturated heterocycles. The molecule has 2 bridgehead atoms. The van der Waals surface area contributed by atoms with Crippen molar-refractivity contribution in [3.63, 3.8) is 0 Å². The fourth-order valence-electron chi connectivity index (χ4n) is 4.19. The van der Waals surface area contributed by atoms with E-state index >= 15 is 4.39 Å². The number of pyridine rings is 1. The smallest absolute Gasteiger partial charge is 0.277 e. The zero-order chi connectivity index (χ0) is 29.0. The van der Waals surface area contributed by atoms with Crippen molar-refractivity contribution in [3.05, 3.63) is 64.9 Å². The molecule has 1 aromatic carbocycles. The SMILES string of the molecule is Cc1ccc2nc(C(=O)N3CCNC(=O)[C@H]([C@@H](C)O)NC(=O)c4ccc(C)c(c4)OCCNC(=O)C3)c(F)n2c1. The molecule has 0 fully saturated rings. The minimum atomic E-state index is -1.31. The maximum Gasteiger partial charge on any atom is 0.277 e. The topological polar surface area (TPSA) is 154 Å². The average molecular weight is 555 g/mol. The van der Waals surface area contributed by atoms with Crippen LogP contribution >= 0.6 is 0 Å². The lowest BCUT2D eigenvalue weighted by Crippen LogP contribution is -2.53. The molecule has 0 saturated carbocycles. The Morgan fingerprint density at radius 1 is 1.15 bits per heavy atom. The van der Waals surface area contributed by atoms with E-state index in [1.165, 1.54) is 19.2 Å². The molecule has 12 nitrogen and oxygen atoms in total. The standard InChI is InChI=1S/C27H31FN6O6/c1-15-4-7-20-31-23(24(28)34(20)13-15)27(39)33-10-8-30-26(38)22(17(3)35)32-25(37)18-6-5-16(2)19(12-18)40-11-9-29-21(36)14-33/h4-7,12-13,17,22,35H,8-11,14H2,1-3H3,(H,29,36)(H,30,38)(H,32,37)/t17-,22+/m1/s1. The van der Waals surface area contributed by atoms with E-state index in [2.05, 4.69) is 20.9 Å². The summed E-state index contributed by atoms with van der Waals surface area (Å²) in [5.74, 6) is -3.15. The fraction of sp³-hybridized carbons (Fsp3) is 0.370. The predicted molar refractivity (Wildman–Crippen MR) is 141 cm³/mol. The van der Waals surface area contributed by atoms with Gasteiger partial charge in [0.1, 0.15) is 24.0 Å². The van der Waals surface area contributed by atoms with E-state index < -0.39 is 54.0 Å². The summed E-state index contributed by atoms with van der Waals surface area (Å²) in [6.07, 6.45) is 0.256. The van der Waals surface area contributed by atoms with Crippen LogP contribution in [-0.4, -0.2) is 88.0 Å². The highest BCUT2D eigenvalue weighted by atomic mass is 19.1. The number of hydrogen-bond donors (Lipinski definition) is 4. The van der Waals surface area contributed by atoms with Crippen LogP contribution in [0.1, 0.15) is 38.9 Å². The number of nitrogens with one attached hydrogen (secondary N) is 3. The van der Waals surface area contributed by atoms with E-state index in [0.29, 0.717) is 5.75 Å². The molecule has 0 aliphatic carbocycles. The molecule has 0 unspecified atom stereocenters. The van der Waals surface area contributed by atoms with Gasteiger partial charge in [0.15, 0.2) is 5.69 Å². The number of carbonyl (C=O) groups is 4. The second kappa shape index (κ2) is 12.1. The molecule has 0 spiro atoms. The van der Waals surface area contributed by atoms with Gasteiger partial charge in [0.25, 0.3) is 11.8 Å². The number of hydrogen-bond acceptors (Lipinski definition) is 7. The van der Waals surface area contributed by atoms with Crippen LogP contribution in [0.3, 0.4) is 0 Å². The molecule has 3 aromatic rings. The number of ether oxygens (including phenoxy) is 1. The number of halogens is 1. The third-order valence-corrected chi connectivity index (χ3v) is 6.40. The molecule has 4 amide bonds. The van der Waals surface area contributed by atoms with Gasteiger partial charge in [-0.05, 0) is 50.1 Å². The van der Waals surface area contributed by atoms with Crippen LogP contribution in [0.4, 0.5) is 4.39 Å². The molecular weight excluding hydrogens is 523 g/mol. The van der Waals surface area contributed by atoms with Crippen LogP contribution in [0.2, 0.25) is 0 Å². The summed E-state index contributed by atoms with van der Waals surface area (Å²) >= 11 is 0.